The predicted molar refractivity (Wildman–Crippen MR) is 84.2 cm³/mol. The van der Waals surface area contributed by atoms with Gasteiger partial charge in [-0.1, -0.05) is 18.2 Å². The molecule has 0 aliphatic heterocycles. The number of rotatable bonds is 4. The zero-order chi connectivity index (χ0) is 16.2. The molecule has 8 heteroatoms. The van der Waals surface area contributed by atoms with Crippen molar-refractivity contribution in [3.05, 3.63) is 57.8 Å². The van der Waals surface area contributed by atoms with Gasteiger partial charge in [0.05, 0.1) is 10.6 Å². The monoisotopic (exact) mass is 338 g/mol. The molecule has 0 spiro atoms. The average Bonchev–Trinajstić information content (AvgIpc) is 2.97. The standard InChI is InChI=1S/C14H14N2O4S2/c1-22(19,20)9-10-4-6-11(7-5-10)13(17)15-16-14(18)12-3-2-8-21-12/h2-8H,9H2,1H3,(H,15,17)(H,16,18). The van der Waals surface area contributed by atoms with Crippen LogP contribution in [-0.2, 0) is 15.6 Å². The predicted octanol–water partition coefficient (Wildman–Crippen LogP) is 1.37. The highest BCUT2D eigenvalue weighted by Crippen LogP contribution is 2.09. The van der Waals surface area contributed by atoms with Gasteiger partial charge in [0, 0.05) is 11.8 Å². The summed E-state index contributed by atoms with van der Waals surface area (Å²) < 4.78 is 22.4. The van der Waals surface area contributed by atoms with E-state index < -0.39 is 21.7 Å². The minimum Gasteiger partial charge on any atom is -0.267 e. The van der Waals surface area contributed by atoms with Crippen molar-refractivity contribution >= 4 is 33.0 Å². The van der Waals surface area contributed by atoms with Crippen molar-refractivity contribution in [1.82, 2.24) is 10.9 Å². The van der Waals surface area contributed by atoms with Gasteiger partial charge in [-0.25, -0.2) is 8.42 Å². The molecule has 1 aromatic carbocycles. The molecule has 0 aliphatic carbocycles. The Bertz CT molecular complexity index is 766. The van der Waals surface area contributed by atoms with Crippen LogP contribution in [0.4, 0.5) is 0 Å². The number of benzene rings is 1. The van der Waals surface area contributed by atoms with Gasteiger partial charge in [0.1, 0.15) is 0 Å². The number of carbonyl (C=O) groups excluding carboxylic acids is 2. The Morgan fingerprint density at radius 1 is 1.05 bits per heavy atom. The van der Waals surface area contributed by atoms with Crippen LogP contribution in [0.5, 0.6) is 0 Å². The number of hydrogen-bond donors (Lipinski definition) is 2. The normalized spacial score (nSPS) is 11.0. The molecule has 2 N–H and O–H groups in total. The molecule has 0 unspecified atom stereocenters. The molecule has 2 aromatic rings. The number of amides is 2. The Balaban J connectivity index is 1.94. The zero-order valence-electron chi connectivity index (χ0n) is 11.7. The summed E-state index contributed by atoms with van der Waals surface area (Å²) in [6.07, 6.45) is 1.15. The molecule has 0 radical (unpaired) electrons. The molecule has 0 aliphatic rings. The first-order chi connectivity index (χ1) is 10.3. The third kappa shape index (κ3) is 4.68. The fraction of sp³-hybridized carbons (Fsp3) is 0.143. The molecule has 1 heterocycles. The van der Waals surface area contributed by atoms with Crippen LogP contribution in [0.15, 0.2) is 41.8 Å². The Labute approximate surface area is 132 Å². The Morgan fingerprint density at radius 3 is 2.23 bits per heavy atom. The van der Waals surface area contributed by atoms with Crippen LogP contribution in [0.1, 0.15) is 25.6 Å². The summed E-state index contributed by atoms with van der Waals surface area (Å²) >= 11 is 1.27. The molecule has 22 heavy (non-hydrogen) atoms. The maximum atomic E-state index is 11.9. The van der Waals surface area contributed by atoms with Crippen molar-refractivity contribution in [2.75, 3.05) is 6.26 Å². The van der Waals surface area contributed by atoms with Gasteiger partial charge in [-0.05, 0) is 29.1 Å². The van der Waals surface area contributed by atoms with E-state index in [2.05, 4.69) is 10.9 Å². The van der Waals surface area contributed by atoms with Gasteiger partial charge in [0.2, 0.25) is 0 Å². The molecule has 0 bridgehead atoms. The van der Waals surface area contributed by atoms with E-state index in [1.807, 2.05) is 0 Å². The Morgan fingerprint density at radius 2 is 1.68 bits per heavy atom. The second-order valence-electron chi connectivity index (χ2n) is 4.65. The number of hydrogen-bond acceptors (Lipinski definition) is 5. The summed E-state index contributed by atoms with van der Waals surface area (Å²) in [6, 6.07) is 9.53. The van der Waals surface area contributed by atoms with Crippen LogP contribution in [0.2, 0.25) is 0 Å². The Hall–Kier alpha value is -2.19. The second kappa shape index (κ2) is 6.71. The van der Waals surface area contributed by atoms with Gasteiger partial charge in [-0.2, -0.15) is 0 Å². The maximum Gasteiger partial charge on any atom is 0.279 e. The van der Waals surface area contributed by atoms with Crippen LogP contribution < -0.4 is 10.9 Å². The van der Waals surface area contributed by atoms with Gasteiger partial charge in [-0.15, -0.1) is 11.3 Å². The number of nitrogens with one attached hydrogen (secondary N) is 2. The van der Waals surface area contributed by atoms with E-state index in [9.17, 15) is 18.0 Å². The summed E-state index contributed by atoms with van der Waals surface area (Å²) in [5.74, 6) is -0.947. The second-order valence-corrected chi connectivity index (χ2v) is 7.74. The third-order valence-electron chi connectivity index (χ3n) is 2.68. The summed E-state index contributed by atoms with van der Waals surface area (Å²) in [5.41, 5.74) is 5.54. The average molecular weight is 338 g/mol. The lowest BCUT2D eigenvalue weighted by Gasteiger charge is -2.07. The number of sulfone groups is 1. The first-order valence-corrected chi connectivity index (χ1v) is 9.20. The molecule has 0 atom stereocenters. The molecule has 0 fully saturated rings. The molecule has 0 saturated carbocycles. The van der Waals surface area contributed by atoms with Crippen molar-refractivity contribution in [2.24, 2.45) is 0 Å². The highest BCUT2D eigenvalue weighted by molar-refractivity contribution is 7.89. The summed E-state index contributed by atoms with van der Waals surface area (Å²) in [7, 11) is -3.11. The molecule has 1 aromatic heterocycles. The van der Waals surface area contributed by atoms with Gasteiger partial charge in [-0.3, -0.25) is 20.4 Å². The van der Waals surface area contributed by atoms with Crippen molar-refractivity contribution in [3.63, 3.8) is 0 Å². The van der Waals surface area contributed by atoms with Crippen LogP contribution in [0.25, 0.3) is 0 Å². The van der Waals surface area contributed by atoms with Crippen LogP contribution >= 0.6 is 11.3 Å². The van der Waals surface area contributed by atoms with E-state index in [1.165, 1.54) is 23.5 Å². The minimum atomic E-state index is -3.11. The molecular weight excluding hydrogens is 324 g/mol. The molecule has 0 saturated heterocycles. The quantitative estimate of drug-likeness (QED) is 0.824. The lowest BCUT2D eigenvalue weighted by molar-refractivity contribution is 0.0849. The fourth-order valence-electron chi connectivity index (χ4n) is 1.71. The van der Waals surface area contributed by atoms with E-state index >= 15 is 0 Å². The smallest absolute Gasteiger partial charge is 0.267 e. The van der Waals surface area contributed by atoms with Gasteiger partial charge < -0.3 is 0 Å². The van der Waals surface area contributed by atoms with E-state index in [0.717, 1.165) is 6.26 Å². The third-order valence-corrected chi connectivity index (χ3v) is 4.41. The maximum absolute atomic E-state index is 11.9. The van der Waals surface area contributed by atoms with E-state index in [4.69, 9.17) is 0 Å². The van der Waals surface area contributed by atoms with E-state index in [1.54, 1.807) is 29.6 Å². The fourth-order valence-corrected chi connectivity index (χ4v) is 3.13. The van der Waals surface area contributed by atoms with Gasteiger partial charge >= 0.3 is 0 Å². The minimum absolute atomic E-state index is 0.0794. The van der Waals surface area contributed by atoms with Crippen molar-refractivity contribution in [3.8, 4) is 0 Å². The molecular formula is C14H14N2O4S2. The molecule has 6 nitrogen and oxygen atoms in total. The van der Waals surface area contributed by atoms with Crippen LogP contribution in [0, 0.1) is 0 Å². The van der Waals surface area contributed by atoms with Gasteiger partial charge in [0.15, 0.2) is 9.84 Å². The SMILES string of the molecule is CS(=O)(=O)Cc1ccc(C(=O)NNC(=O)c2cccs2)cc1. The van der Waals surface area contributed by atoms with Crippen molar-refractivity contribution in [2.45, 2.75) is 5.75 Å². The highest BCUT2D eigenvalue weighted by Gasteiger charge is 2.10. The largest absolute Gasteiger partial charge is 0.279 e. The van der Waals surface area contributed by atoms with E-state index in [0.29, 0.717) is 16.0 Å². The molecule has 2 rings (SSSR count). The summed E-state index contributed by atoms with van der Waals surface area (Å²) in [4.78, 5) is 24.0. The highest BCUT2D eigenvalue weighted by atomic mass is 32.2. The number of carbonyl (C=O) groups is 2. The molecule has 2 amide bonds. The summed E-state index contributed by atoms with van der Waals surface area (Å²) in [6.45, 7) is 0. The van der Waals surface area contributed by atoms with Crippen molar-refractivity contribution < 1.29 is 18.0 Å². The lowest BCUT2D eigenvalue weighted by Crippen LogP contribution is -2.41. The topological polar surface area (TPSA) is 92.3 Å². The Kier molecular flexibility index (Phi) is 4.94. The molecule has 116 valence electrons. The first-order valence-electron chi connectivity index (χ1n) is 6.26. The van der Waals surface area contributed by atoms with Crippen LogP contribution in [0.3, 0.4) is 0 Å². The van der Waals surface area contributed by atoms with E-state index in [-0.39, 0.29) is 5.75 Å². The number of hydrazine groups is 1. The summed E-state index contributed by atoms with van der Waals surface area (Å²) in [5, 5.41) is 1.76. The van der Waals surface area contributed by atoms with Gasteiger partial charge in [0.25, 0.3) is 11.8 Å². The van der Waals surface area contributed by atoms with Crippen molar-refractivity contribution in [1.29, 1.82) is 0 Å². The van der Waals surface area contributed by atoms with Crippen LogP contribution in [-0.4, -0.2) is 26.5 Å². The zero-order valence-corrected chi connectivity index (χ0v) is 13.3. The first kappa shape index (κ1) is 16.2. The number of thiophene rings is 1. The lowest BCUT2D eigenvalue weighted by atomic mass is 10.1.